The normalized spacial score (nSPS) is 9.96. The van der Waals surface area contributed by atoms with Crippen molar-refractivity contribution >= 4 is 36.1 Å². The molecule has 1 aromatic heterocycles. The third-order valence-corrected chi connectivity index (χ3v) is 3.08. The molecule has 0 atom stereocenters. The van der Waals surface area contributed by atoms with E-state index in [0.29, 0.717) is 12.1 Å². The molecule has 0 aliphatic carbocycles. The molecule has 0 radical (unpaired) electrons. The van der Waals surface area contributed by atoms with Gasteiger partial charge in [0.2, 0.25) is 6.41 Å². The maximum absolute atomic E-state index is 9.63. The minimum absolute atomic E-state index is 0.00458. The van der Waals surface area contributed by atoms with Crippen LogP contribution in [0, 0.1) is 0 Å². The van der Waals surface area contributed by atoms with Gasteiger partial charge in [0.25, 0.3) is 0 Å². The van der Waals surface area contributed by atoms with Crippen LogP contribution in [0.25, 0.3) is 0 Å². The number of allylic oxidation sites excluding steroid dienone is 1. The summed E-state index contributed by atoms with van der Waals surface area (Å²) in [6.45, 7) is 6.15. The number of rotatable bonds is 3. The molecule has 0 fully saturated rings. The molecule has 0 aliphatic rings. The highest BCUT2D eigenvalue weighted by atomic mass is 32.2. The molecule has 1 aromatic carbocycles. The molecule has 0 saturated carbocycles. The fourth-order valence-corrected chi connectivity index (χ4v) is 1.57. The van der Waals surface area contributed by atoms with Crippen LogP contribution >= 0.6 is 11.9 Å². The fourth-order valence-electron chi connectivity index (χ4n) is 1.35. The first-order valence-electron chi connectivity index (χ1n) is 8.03. The zero-order valence-electron chi connectivity index (χ0n) is 16.6. The summed E-state index contributed by atoms with van der Waals surface area (Å²) in [7, 11) is 1.91. The van der Waals surface area contributed by atoms with Gasteiger partial charge in [-0.25, -0.2) is 0 Å². The number of hydrogen-bond donors (Lipinski definition) is 5. The van der Waals surface area contributed by atoms with Gasteiger partial charge in [0.1, 0.15) is 5.76 Å². The van der Waals surface area contributed by atoms with E-state index in [0.717, 1.165) is 23.4 Å². The van der Waals surface area contributed by atoms with Gasteiger partial charge >= 0.3 is 0 Å². The Balaban J connectivity index is 0. The predicted molar refractivity (Wildman–Crippen MR) is 116 cm³/mol. The summed E-state index contributed by atoms with van der Waals surface area (Å²) < 4.78 is 4.95. The third kappa shape index (κ3) is 15.3. The SMILES string of the molecule is CC(C)(C)c1cc(N)no1.CNc1ccccc1.NC=O.NS/C=C(\N)C=O. The number of aldehydes is 1. The first-order valence-corrected chi connectivity index (χ1v) is 8.97. The third-order valence-electron chi connectivity index (χ3n) is 2.67. The van der Waals surface area contributed by atoms with Crippen LogP contribution in [0.15, 0.2) is 52.0 Å². The molecule has 2 aromatic rings. The fraction of sp³-hybridized carbons (Fsp3) is 0.278. The molecule has 1 heterocycles. The lowest BCUT2D eigenvalue weighted by molar-refractivity contribution is -0.107. The molecule has 2 rings (SSSR count). The Morgan fingerprint density at radius 2 is 1.75 bits per heavy atom. The van der Waals surface area contributed by atoms with Crippen LogP contribution in [-0.4, -0.2) is 24.9 Å². The molecule has 9 N–H and O–H groups in total. The highest BCUT2D eigenvalue weighted by molar-refractivity contribution is 8.00. The van der Waals surface area contributed by atoms with Crippen molar-refractivity contribution in [2.45, 2.75) is 26.2 Å². The minimum atomic E-state index is 0.00458. The molecule has 9 nitrogen and oxygen atoms in total. The van der Waals surface area contributed by atoms with Gasteiger partial charge in [0, 0.05) is 29.6 Å². The standard InChI is InChI=1S/C7H12N2O.C7H9N.C3H6N2OS.CH3NO/c1-7(2,3)5-4-6(8)9-10-5;1-8-7-5-3-2-4-6-7;4-3(1-6)2-7-5;2-1-3/h4H,1-3H3,(H2,8,9);2-6,8H,1H3;1-2H,4-5H2;1H,(H2,2,3)/b;;3-2-;. The van der Waals surface area contributed by atoms with E-state index in [1.54, 1.807) is 6.07 Å². The van der Waals surface area contributed by atoms with Crippen LogP contribution in [0.2, 0.25) is 0 Å². The van der Waals surface area contributed by atoms with Crippen molar-refractivity contribution in [3.05, 3.63) is 53.3 Å². The molecule has 156 valence electrons. The van der Waals surface area contributed by atoms with Crippen molar-refractivity contribution in [1.82, 2.24) is 5.16 Å². The maximum Gasteiger partial charge on any atom is 0.204 e. The summed E-state index contributed by atoms with van der Waals surface area (Å²) in [5.41, 5.74) is 15.8. The number of nitrogens with zero attached hydrogens (tertiary/aromatic N) is 1. The number of hydrogen-bond acceptors (Lipinski definition) is 9. The average molecular weight is 411 g/mol. The van der Waals surface area contributed by atoms with E-state index in [4.69, 9.17) is 25.9 Å². The van der Waals surface area contributed by atoms with Gasteiger partial charge in [-0.1, -0.05) is 56.1 Å². The van der Waals surface area contributed by atoms with Crippen molar-refractivity contribution in [2.75, 3.05) is 18.1 Å². The van der Waals surface area contributed by atoms with Gasteiger partial charge in [0.15, 0.2) is 12.1 Å². The molecular formula is C18H30N6O3S. The molecule has 0 aliphatic heterocycles. The number of nitrogens with one attached hydrogen (secondary N) is 1. The Labute approximate surface area is 170 Å². The monoisotopic (exact) mass is 410 g/mol. The highest BCUT2D eigenvalue weighted by Crippen LogP contribution is 2.22. The van der Waals surface area contributed by atoms with Crippen LogP contribution in [-0.2, 0) is 15.0 Å². The van der Waals surface area contributed by atoms with E-state index >= 15 is 0 Å². The quantitative estimate of drug-likeness (QED) is 0.287. The van der Waals surface area contributed by atoms with Crippen molar-refractivity contribution < 1.29 is 14.1 Å². The van der Waals surface area contributed by atoms with Crippen LogP contribution in [0.1, 0.15) is 26.5 Å². The summed E-state index contributed by atoms with van der Waals surface area (Å²) in [5, 5.41) is 12.9. The van der Waals surface area contributed by atoms with E-state index < -0.39 is 0 Å². The predicted octanol–water partition coefficient (Wildman–Crippen LogP) is 1.98. The molecule has 0 spiro atoms. The number of carbonyl (C=O) groups is 2. The Morgan fingerprint density at radius 3 is 1.96 bits per heavy atom. The van der Waals surface area contributed by atoms with Gasteiger partial charge in [0.05, 0.1) is 5.70 Å². The Bertz CT molecular complexity index is 684. The Morgan fingerprint density at radius 1 is 1.21 bits per heavy atom. The summed E-state index contributed by atoms with van der Waals surface area (Å²) in [5.74, 6) is 1.27. The number of anilines is 2. The van der Waals surface area contributed by atoms with Crippen LogP contribution in [0.3, 0.4) is 0 Å². The van der Waals surface area contributed by atoms with E-state index in [9.17, 15) is 4.79 Å². The second-order valence-electron chi connectivity index (χ2n) is 5.99. The first kappa shape index (κ1) is 27.2. The van der Waals surface area contributed by atoms with E-state index in [-0.39, 0.29) is 17.5 Å². The second kappa shape index (κ2) is 16.2. The van der Waals surface area contributed by atoms with E-state index in [2.05, 4.69) is 16.2 Å². The summed E-state index contributed by atoms with van der Waals surface area (Å²) in [4.78, 5) is 18.2. The lowest BCUT2D eigenvalue weighted by Crippen LogP contribution is -2.09. The largest absolute Gasteiger partial charge is 0.396 e. The van der Waals surface area contributed by atoms with Crippen LogP contribution in [0.5, 0.6) is 0 Å². The number of amides is 1. The van der Waals surface area contributed by atoms with Crippen LogP contribution in [0.4, 0.5) is 11.5 Å². The van der Waals surface area contributed by atoms with Crippen molar-refractivity contribution in [3.8, 4) is 0 Å². The second-order valence-corrected chi connectivity index (χ2v) is 6.50. The lowest BCUT2D eigenvalue weighted by Gasteiger charge is -2.11. The summed E-state index contributed by atoms with van der Waals surface area (Å²) in [6.07, 6.45) is 0.792. The molecule has 10 heteroatoms. The number of nitrogens with two attached hydrogens (primary N) is 4. The molecule has 0 unspecified atom stereocenters. The highest BCUT2D eigenvalue weighted by Gasteiger charge is 2.18. The Hall–Kier alpha value is -2.98. The zero-order chi connectivity index (χ0) is 22.0. The number of primary amides is 1. The smallest absolute Gasteiger partial charge is 0.204 e. The van der Waals surface area contributed by atoms with Gasteiger partial charge in [-0.2, -0.15) is 0 Å². The number of aromatic nitrogens is 1. The molecular weight excluding hydrogens is 380 g/mol. The molecule has 28 heavy (non-hydrogen) atoms. The number of carbonyl (C=O) groups excluding carboxylic acids is 2. The van der Waals surface area contributed by atoms with Gasteiger partial charge in [-0.15, -0.1) is 0 Å². The van der Waals surface area contributed by atoms with Crippen LogP contribution < -0.4 is 27.7 Å². The number of benzene rings is 1. The van der Waals surface area contributed by atoms with Gasteiger partial charge in [-0.05, 0) is 12.1 Å². The maximum atomic E-state index is 9.63. The van der Waals surface area contributed by atoms with Gasteiger partial charge in [-0.3, -0.25) is 14.7 Å². The minimum Gasteiger partial charge on any atom is -0.396 e. The zero-order valence-corrected chi connectivity index (χ0v) is 17.4. The van der Waals surface area contributed by atoms with Crippen molar-refractivity contribution in [3.63, 3.8) is 0 Å². The summed E-state index contributed by atoms with van der Waals surface area (Å²) in [6, 6.07) is 11.8. The topological polar surface area (TPSA) is 176 Å². The molecule has 0 saturated heterocycles. The Kier molecular flexibility index (Phi) is 15.8. The molecule has 0 bridgehead atoms. The number of nitrogen functional groups attached to an aromatic ring is 1. The molecule has 1 amide bonds. The first-order chi connectivity index (χ1) is 13.2. The number of para-hydroxylation sites is 1. The van der Waals surface area contributed by atoms with E-state index in [1.807, 2.05) is 58.2 Å². The van der Waals surface area contributed by atoms with Gasteiger partial charge < -0.3 is 27.0 Å². The van der Waals surface area contributed by atoms with Crippen molar-refractivity contribution in [2.24, 2.45) is 16.6 Å². The average Bonchev–Trinajstić information content (AvgIpc) is 3.11. The van der Waals surface area contributed by atoms with E-state index in [1.165, 1.54) is 5.41 Å². The lowest BCUT2D eigenvalue weighted by atomic mass is 9.93. The summed E-state index contributed by atoms with van der Waals surface area (Å²) >= 11 is 0.916. The van der Waals surface area contributed by atoms with Crippen molar-refractivity contribution in [1.29, 1.82) is 0 Å².